The minimum atomic E-state index is -4.57. The second kappa shape index (κ2) is 9.72. The summed E-state index contributed by atoms with van der Waals surface area (Å²) in [6.07, 6.45) is -4.79. The zero-order chi connectivity index (χ0) is 24.2. The predicted octanol–water partition coefficient (Wildman–Crippen LogP) is 2.69. The fourth-order valence-corrected chi connectivity index (χ4v) is 3.17. The van der Waals surface area contributed by atoms with Crippen LogP contribution in [0.3, 0.4) is 0 Å². The molecule has 0 radical (unpaired) electrons. The Labute approximate surface area is 186 Å². The summed E-state index contributed by atoms with van der Waals surface area (Å²) in [6, 6.07) is 10.7. The Hall–Kier alpha value is -3.89. The second-order valence-electron chi connectivity index (χ2n) is 7.45. The first-order valence-electron chi connectivity index (χ1n) is 9.84. The molecule has 1 saturated heterocycles. The van der Waals surface area contributed by atoms with Gasteiger partial charge in [0.1, 0.15) is 0 Å². The highest BCUT2D eigenvalue weighted by Crippen LogP contribution is 2.30. The Morgan fingerprint density at radius 3 is 2.55 bits per heavy atom. The van der Waals surface area contributed by atoms with Crippen LogP contribution in [0.5, 0.6) is 0 Å². The fourth-order valence-electron chi connectivity index (χ4n) is 3.17. The Balaban J connectivity index is 1.49. The van der Waals surface area contributed by atoms with Crippen molar-refractivity contribution >= 4 is 29.4 Å². The van der Waals surface area contributed by atoms with Crippen molar-refractivity contribution in [2.24, 2.45) is 5.92 Å². The van der Waals surface area contributed by atoms with E-state index in [1.54, 1.807) is 18.2 Å². The number of benzene rings is 2. The van der Waals surface area contributed by atoms with Gasteiger partial charge < -0.3 is 10.1 Å². The van der Waals surface area contributed by atoms with Crippen LogP contribution < -0.4 is 10.7 Å². The van der Waals surface area contributed by atoms with Crippen molar-refractivity contribution in [3.8, 4) is 0 Å². The lowest BCUT2D eigenvalue weighted by molar-refractivity contribution is -0.151. The Kier molecular flexibility index (Phi) is 7.00. The van der Waals surface area contributed by atoms with Crippen LogP contribution in [0.15, 0.2) is 48.5 Å². The molecule has 33 heavy (non-hydrogen) atoms. The molecule has 0 unspecified atom stereocenters. The van der Waals surface area contributed by atoms with E-state index >= 15 is 0 Å². The first-order valence-corrected chi connectivity index (χ1v) is 9.84. The minimum absolute atomic E-state index is 0.105. The monoisotopic (exact) mass is 463 g/mol. The molecule has 0 spiro atoms. The SMILES string of the molecule is Cc1cccc(C(=O)NN2C[C@@H](C(=O)OCC(=O)Nc3cccc(C(F)(F)F)c3)CC2=O)c1. The third-order valence-electron chi connectivity index (χ3n) is 4.79. The highest BCUT2D eigenvalue weighted by atomic mass is 19.4. The number of alkyl halides is 3. The quantitative estimate of drug-likeness (QED) is 0.641. The van der Waals surface area contributed by atoms with E-state index in [0.717, 1.165) is 28.8 Å². The van der Waals surface area contributed by atoms with Crippen molar-refractivity contribution in [1.82, 2.24) is 10.4 Å². The van der Waals surface area contributed by atoms with Crippen LogP contribution in [-0.4, -0.2) is 41.9 Å². The molecule has 3 rings (SSSR count). The number of hydrazine groups is 1. The smallest absolute Gasteiger partial charge is 0.416 e. The number of ether oxygens (including phenoxy) is 1. The third kappa shape index (κ3) is 6.31. The largest absolute Gasteiger partial charge is 0.455 e. The van der Waals surface area contributed by atoms with Gasteiger partial charge in [-0.25, -0.2) is 0 Å². The zero-order valence-electron chi connectivity index (χ0n) is 17.4. The van der Waals surface area contributed by atoms with Gasteiger partial charge in [0.25, 0.3) is 11.8 Å². The Morgan fingerprint density at radius 2 is 1.85 bits per heavy atom. The van der Waals surface area contributed by atoms with Crippen LogP contribution in [0.25, 0.3) is 0 Å². The van der Waals surface area contributed by atoms with Crippen LogP contribution in [0, 0.1) is 12.8 Å². The van der Waals surface area contributed by atoms with Gasteiger partial charge in [-0.1, -0.05) is 23.8 Å². The number of halogens is 3. The molecule has 1 heterocycles. The van der Waals surface area contributed by atoms with Gasteiger partial charge in [-0.2, -0.15) is 13.2 Å². The molecule has 3 amide bonds. The van der Waals surface area contributed by atoms with Crippen molar-refractivity contribution in [2.45, 2.75) is 19.5 Å². The number of carbonyl (C=O) groups is 4. The molecule has 2 aromatic rings. The highest BCUT2D eigenvalue weighted by Gasteiger charge is 2.37. The number of hydrogen-bond acceptors (Lipinski definition) is 5. The number of esters is 1. The Morgan fingerprint density at radius 1 is 1.12 bits per heavy atom. The topological polar surface area (TPSA) is 105 Å². The first kappa shape index (κ1) is 23.8. The number of amides is 3. The standard InChI is InChI=1S/C22H20F3N3O5/c1-13-4-2-5-14(8-13)20(31)27-28-11-15(9-19(28)30)21(32)33-12-18(29)26-17-7-3-6-16(10-17)22(23,24)25/h2-8,10,15H,9,11-12H2,1H3,(H,26,29)(H,27,31)/t15-/m0/s1. The Bertz CT molecular complexity index is 1090. The molecular weight excluding hydrogens is 443 g/mol. The number of rotatable bonds is 6. The minimum Gasteiger partial charge on any atom is -0.455 e. The average molecular weight is 463 g/mol. The molecule has 2 aromatic carbocycles. The lowest BCUT2D eigenvalue weighted by atomic mass is 10.1. The predicted molar refractivity (Wildman–Crippen MR) is 109 cm³/mol. The molecule has 8 nitrogen and oxygen atoms in total. The summed E-state index contributed by atoms with van der Waals surface area (Å²) < 4.78 is 43.1. The molecule has 174 valence electrons. The van der Waals surface area contributed by atoms with E-state index in [1.165, 1.54) is 6.07 Å². The van der Waals surface area contributed by atoms with Crippen LogP contribution in [-0.2, 0) is 25.3 Å². The van der Waals surface area contributed by atoms with Crippen LogP contribution >= 0.6 is 0 Å². The zero-order valence-corrected chi connectivity index (χ0v) is 17.4. The van der Waals surface area contributed by atoms with Gasteiger partial charge in [-0.05, 0) is 37.3 Å². The number of hydrogen-bond donors (Lipinski definition) is 2. The summed E-state index contributed by atoms with van der Waals surface area (Å²) in [7, 11) is 0. The van der Waals surface area contributed by atoms with Gasteiger partial charge in [0, 0.05) is 17.7 Å². The third-order valence-corrected chi connectivity index (χ3v) is 4.79. The summed E-state index contributed by atoms with van der Waals surface area (Å²) in [5.74, 6) is -3.59. The van der Waals surface area contributed by atoms with Crippen molar-refractivity contribution < 1.29 is 37.1 Å². The van der Waals surface area contributed by atoms with E-state index in [0.29, 0.717) is 5.56 Å². The van der Waals surface area contributed by atoms with Crippen LogP contribution in [0.4, 0.5) is 18.9 Å². The van der Waals surface area contributed by atoms with E-state index in [-0.39, 0.29) is 18.7 Å². The molecule has 2 N–H and O–H groups in total. The van der Waals surface area contributed by atoms with Crippen LogP contribution in [0.2, 0.25) is 0 Å². The molecule has 1 aliphatic rings. The number of nitrogens with zero attached hydrogens (tertiary/aromatic N) is 1. The van der Waals surface area contributed by atoms with E-state index in [2.05, 4.69) is 10.7 Å². The fraction of sp³-hybridized carbons (Fsp3) is 0.273. The van der Waals surface area contributed by atoms with Crippen molar-refractivity contribution in [3.05, 3.63) is 65.2 Å². The van der Waals surface area contributed by atoms with Crippen LogP contribution in [0.1, 0.15) is 27.9 Å². The number of anilines is 1. The average Bonchev–Trinajstić information content (AvgIpc) is 3.12. The van der Waals surface area contributed by atoms with Crippen molar-refractivity contribution in [1.29, 1.82) is 0 Å². The molecule has 0 bridgehead atoms. The first-order chi connectivity index (χ1) is 15.5. The number of carbonyl (C=O) groups excluding carboxylic acids is 4. The molecular formula is C22H20F3N3O5. The van der Waals surface area contributed by atoms with Gasteiger partial charge in [-0.3, -0.25) is 29.6 Å². The molecule has 0 aromatic heterocycles. The second-order valence-corrected chi connectivity index (χ2v) is 7.45. The van der Waals surface area contributed by atoms with Gasteiger partial charge in [0.2, 0.25) is 5.91 Å². The molecule has 0 aliphatic carbocycles. The summed E-state index contributed by atoms with van der Waals surface area (Å²) in [5, 5.41) is 3.23. The van der Waals surface area contributed by atoms with Gasteiger partial charge in [0.15, 0.2) is 6.61 Å². The molecule has 11 heteroatoms. The van der Waals surface area contributed by atoms with E-state index in [1.807, 2.05) is 13.0 Å². The van der Waals surface area contributed by atoms with E-state index in [9.17, 15) is 32.3 Å². The maximum absolute atomic E-state index is 12.7. The molecule has 1 aliphatic heterocycles. The maximum atomic E-state index is 12.7. The molecule has 1 atom stereocenters. The van der Waals surface area contributed by atoms with E-state index < -0.39 is 48.0 Å². The summed E-state index contributed by atoms with van der Waals surface area (Å²) in [5.41, 5.74) is 2.61. The lowest BCUT2D eigenvalue weighted by Crippen LogP contribution is -2.43. The van der Waals surface area contributed by atoms with Crippen molar-refractivity contribution in [3.63, 3.8) is 0 Å². The number of nitrogens with one attached hydrogen (secondary N) is 2. The normalized spacial score (nSPS) is 15.8. The van der Waals surface area contributed by atoms with E-state index in [4.69, 9.17) is 4.74 Å². The van der Waals surface area contributed by atoms with Gasteiger partial charge in [0.05, 0.1) is 18.0 Å². The summed E-state index contributed by atoms with van der Waals surface area (Å²) >= 11 is 0. The summed E-state index contributed by atoms with van der Waals surface area (Å²) in [6.45, 7) is 0.937. The molecule has 1 fully saturated rings. The van der Waals surface area contributed by atoms with Crippen molar-refractivity contribution in [2.75, 3.05) is 18.5 Å². The highest BCUT2D eigenvalue weighted by molar-refractivity contribution is 5.97. The van der Waals surface area contributed by atoms with Gasteiger partial charge >= 0.3 is 12.1 Å². The lowest BCUT2D eigenvalue weighted by Gasteiger charge is -2.17. The maximum Gasteiger partial charge on any atom is 0.416 e. The molecule has 0 saturated carbocycles. The summed E-state index contributed by atoms with van der Waals surface area (Å²) in [4.78, 5) is 48.6. The number of aryl methyl sites for hydroxylation is 1. The van der Waals surface area contributed by atoms with Gasteiger partial charge in [-0.15, -0.1) is 0 Å².